The van der Waals surface area contributed by atoms with Crippen molar-refractivity contribution < 1.29 is 9.13 Å². The molecule has 0 unspecified atom stereocenters. The number of anilines is 3. The largest absolute Gasteiger partial charge is 0.424 e. The van der Waals surface area contributed by atoms with E-state index < -0.39 is 0 Å². The van der Waals surface area contributed by atoms with Crippen molar-refractivity contribution >= 4 is 17.6 Å². The number of rotatable bonds is 5. The third kappa shape index (κ3) is 4.31. The number of aryl methyl sites for hydroxylation is 1. The molecule has 1 N–H and O–H groups in total. The molecule has 3 aromatic rings. The third-order valence-corrected chi connectivity index (χ3v) is 4.29. The number of hydrogen-bond donors (Lipinski definition) is 1. The minimum Gasteiger partial charge on any atom is -0.424 e. The van der Waals surface area contributed by atoms with E-state index in [1.807, 2.05) is 31.2 Å². The zero-order valence-electron chi connectivity index (χ0n) is 15.0. The molecule has 1 aromatic heterocycles. The predicted octanol–water partition coefficient (Wildman–Crippen LogP) is 4.46. The Labute approximate surface area is 157 Å². The first-order chi connectivity index (χ1) is 13.2. The maximum Gasteiger partial charge on any atom is 0.328 e. The van der Waals surface area contributed by atoms with E-state index in [1.54, 1.807) is 12.1 Å². The van der Waals surface area contributed by atoms with E-state index in [9.17, 15) is 4.39 Å². The van der Waals surface area contributed by atoms with Crippen LogP contribution in [0, 0.1) is 12.7 Å². The van der Waals surface area contributed by atoms with Crippen molar-refractivity contribution in [1.82, 2.24) is 15.0 Å². The minimum absolute atomic E-state index is 0.224. The standard InChI is InChI=1S/C20H20FN5O/c1-14-5-4-6-17(13-14)27-20-24-18(22-16-9-7-15(21)8-10-16)23-19(25-20)26-11-2-3-12-26/h4-10,13H,2-3,11-12H2,1H3,(H,22,23,24,25). The van der Waals surface area contributed by atoms with Crippen LogP contribution < -0.4 is 15.0 Å². The van der Waals surface area contributed by atoms with Gasteiger partial charge in [0, 0.05) is 18.8 Å². The van der Waals surface area contributed by atoms with Crippen LogP contribution in [0.25, 0.3) is 0 Å². The molecule has 0 aliphatic carbocycles. The molecule has 7 heteroatoms. The van der Waals surface area contributed by atoms with Crippen LogP contribution in [-0.4, -0.2) is 28.0 Å². The molecule has 138 valence electrons. The van der Waals surface area contributed by atoms with E-state index in [0.717, 1.165) is 31.5 Å². The Morgan fingerprint density at radius 2 is 1.78 bits per heavy atom. The number of nitrogens with one attached hydrogen (secondary N) is 1. The van der Waals surface area contributed by atoms with E-state index in [1.165, 1.54) is 12.1 Å². The van der Waals surface area contributed by atoms with Crippen LogP contribution in [-0.2, 0) is 0 Å². The average Bonchev–Trinajstić information content (AvgIpc) is 3.18. The molecule has 0 radical (unpaired) electrons. The van der Waals surface area contributed by atoms with Gasteiger partial charge in [-0.05, 0) is 61.7 Å². The van der Waals surface area contributed by atoms with Crippen LogP contribution in [0.5, 0.6) is 11.8 Å². The van der Waals surface area contributed by atoms with E-state index >= 15 is 0 Å². The van der Waals surface area contributed by atoms with E-state index in [-0.39, 0.29) is 11.8 Å². The quantitative estimate of drug-likeness (QED) is 0.720. The van der Waals surface area contributed by atoms with Crippen molar-refractivity contribution in [3.63, 3.8) is 0 Å². The summed E-state index contributed by atoms with van der Waals surface area (Å²) in [7, 11) is 0. The summed E-state index contributed by atoms with van der Waals surface area (Å²) >= 11 is 0. The zero-order chi connectivity index (χ0) is 18.6. The lowest BCUT2D eigenvalue weighted by atomic mass is 10.2. The van der Waals surface area contributed by atoms with Crippen LogP contribution in [0.2, 0.25) is 0 Å². The molecule has 27 heavy (non-hydrogen) atoms. The third-order valence-electron chi connectivity index (χ3n) is 4.29. The molecule has 0 amide bonds. The van der Waals surface area contributed by atoms with Crippen LogP contribution >= 0.6 is 0 Å². The smallest absolute Gasteiger partial charge is 0.328 e. The van der Waals surface area contributed by atoms with E-state index in [4.69, 9.17) is 4.74 Å². The fourth-order valence-electron chi connectivity index (χ4n) is 2.95. The zero-order valence-corrected chi connectivity index (χ0v) is 15.0. The Morgan fingerprint density at radius 3 is 2.52 bits per heavy atom. The highest BCUT2D eigenvalue weighted by Gasteiger charge is 2.18. The number of ether oxygens (including phenoxy) is 1. The molecule has 0 atom stereocenters. The summed E-state index contributed by atoms with van der Waals surface area (Å²) in [5, 5.41) is 3.10. The summed E-state index contributed by atoms with van der Waals surface area (Å²) in [4.78, 5) is 15.5. The highest BCUT2D eigenvalue weighted by Crippen LogP contribution is 2.25. The molecule has 1 saturated heterocycles. The highest BCUT2D eigenvalue weighted by atomic mass is 19.1. The number of benzene rings is 2. The first-order valence-corrected chi connectivity index (χ1v) is 8.94. The minimum atomic E-state index is -0.294. The second-order valence-electron chi connectivity index (χ2n) is 6.49. The Kier molecular flexibility index (Phi) is 4.82. The average molecular weight is 365 g/mol. The number of aromatic nitrogens is 3. The van der Waals surface area contributed by atoms with Gasteiger partial charge >= 0.3 is 6.01 Å². The molecule has 2 heterocycles. The summed E-state index contributed by atoms with van der Waals surface area (Å²) in [6.07, 6.45) is 2.22. The molecule has 0 bridgehead atoms. The van der Waals surface area contributed by atoms with Gasteiger partial charge in [0.05, 0.1) is 0 Å². The topological polar surface area (TPSA) is 63.2 Å². The molecule has 0 spiro atoms. The van der Waals surface area contributed by atoms with Crippen molar-refractivity contribution in [3.8, 4) is 11.8 Å². The van der Waals surface area contributed by atoms with Gasteiger partial charge in [-0.3, -0.25) is 0 Å². The predicted molar refractivity (Wildman–Crippen MR) is 102 cm³/mol. The van der Waals surface area contributed by atoms with Crippen molar-refractivity contribution in [3.05, 3.63) is 59.9 Å². The number of halogens is 1. The number of hydrogen-bond acceptors (Lipinski definition) is 6. The molecule has 1 fully saturated rings. The van der Waals surface area contributed by atoms with Gasteiger partial charge in [-0.15, -0.1) is 0 Å². The lowest BCUT2D eigenvalue weighted by molar-refractivity contribution is 0.440. The lowest BCUT2D eigenvalue weighted by Crippen LogP contribution is -2.21. The van der Waals surface area contributed by atoms with Gasteiger partial charge in [-0.25, -0.2) is 4.39 Å². The molecular weight excluding hydrogens is 345 g/mol. The second-order valence-corrected chi connectivity index (χ2v) is 6.49. The Hall–Kier alpha value is -3.22. The molecule has 4 rings (SSSR count). The number of nitrogens with zero attached hydrogens (tertiary/aromatic N) is 4. The summed E-state index contributed by atoms with van der Waals surface area (Å²) in [5.74, 6) is 1.31. The summed E-state index contributed by atoms with van der Waals surface area (Å²) < 4.78 is 19.0. The van der Waals surface area contributed by atoms with Gasteiger partial charge in [-0.1, -0.05) is 12.1 Å². The van der Waals surface area contributed by atoms with Crippen LogP contribution in [0.15, 0.2) is 48.5 Å². The van der Waals surface area contributed by atoms with Gasteiger partial charge in [0.1, 0.15) is 11.6 Å². The van der Waals surface area contributed by atoms with Crippen molar-refractivity contribution in [2.75, 3.05) is 23.3 Å². The van der Waals surface area contributed by atoms with Crippen molar-refractivity contribution in [1.29, 1.82) is 0 Å². The van der Waals surface area contributed by atoms with Crippen LogP contribution in [0.1, 0.15) is 18.4 Å². The maximum atomic E-state index is 13.1. The molecule has 2 aromatic carbocycles. The maximum absolute atomic E-state index is 13.1. The van der Waals surface area contributed by atoms with E-state index in [0.29, 0.717) is 23.3 Å². The molecule has 0 saturated carbocycles. The van der Waals surface area contributed by atoms with Crippen LogP contribution in [0.3, 0.4) is 0 Å². The lowest BCUT2D eigenvalue weighted by Gasteiger charge is -2.17. The Morgan fingerprint density at radius 1 is 1.00 bits per heavy atom. The van der Waals surface area contributed by atoms with Crippen LogP contribution in [0.4, 0.5) is 22.0 Å². The van der Waals surface area contributed by atoms with E-state index in [2.05, 4.69) is 25.2 Å². The van der Waals surface area contributed by atoms with Crippen molar-refractivity contribution in [2.24, 2.45) is 0 Å². The fraction of sp³-hybridized carbons (Fsp3) is 0.250. The van der Waals surface area contributed by atoms with Gasteiger partial charge in [0.15, 0.2) is 0 Å². The molecule has 1 aliphatic rings. The molecule has 1 aliphatic heterocycles. The first kappa shape index (κ1) is 17.2. The van der Waals surface area contributed by atoms with Gasteiger partial charge in [0.2, 0.25) is 11.9 Å². The molecular formula is C20H20FN5O. The monoisotopic (exact) mass is 365 g/mol. The summed E-state index contributed by atoms with van der Waals surface area (Å²) in [6.45, 7) is 3.81. The SMILES string of the molecule is Cc1cccc(Oc2nc(Nc3ccc(F)cc3)nc(N3CCCC3)n2)c1. The Balaban J connectivity index is 1.64. The van der Waals surface area contributed by atoms with Gasteiger partial charge in [0.25, 0.3) is 0 Å². The highest BCUT2D eigenvalue weighted by molar-refractivity contribution is 5.54. The summed E-state index contributed by atoms with van der Waals surface area (Å²) in [5.41, 5.74) is 1.78. The van der Waals surface area contributed by atoms with Gasteiger partial charge in [-0.2, -0.15) is 15.0 Å². The second kappa shape index (κ2) is 7.57. The normalized spacial score (nSPS) is 13.6. The molecule has 6 nitrogen and oxygen atoms in total. The summed E-state index contributed by atoms with van der Waals surface area (Å²) in [6, 6.07) is 14.0. The fourth-order valence-corrected chi connectivity index (χ4v) is 2.95. The first-order valence-electron chi connectivity index (χ1n) is 8.94. The van der Waals surface area contributed by atoms with Gasteiger partial charge < -0.3 is 15.0 Å². The Bertz CT molecular complexity index is 926. The van der Waals surface area contributed by atoms with Crippen molar-refractivity contribution in [2.45, 2.75) is 19.8 Å².